The van der Waals surface area contributed by atoms with Gasteiger partial charge in [0.1, 0.15) is 0 Å². The smallest absolute Gasteiger partial charge is 0.320 e. The predicted octanol–water partition coefficient (Wildman–Crippen LogP) is 2.65. The van der Waals surface area contributed by atoms with Gasteiger partial charge in [-0.15, -0.1) is 11.3 Å². The Morgan fingerprint density at radius 3 is 2.95 bits per heavy atom. The van der Waals surface area contributed by atoms with Gasteiger partial charge in [0.25, 0.3) is 0 Å². The fraction of sp³-hybridized carbons (Fsp3) is 0.467. The van der Waals surface area contributed by atoms with Gasteiger partial charge in [0.05, 0.1) is 13.2 Å². The molecule has 2 aromatic rings. The number of nitrogens with zero attached hydrogens (tertiary/aromatic N) is 2. The Kier molecular flexibility index (Phi) is 5.97. The van der Waals surface area contributed by atoms with E-state index in [9.17, 15) is 4.79 Å². The van der Waals surface area contributed by atoms with Crippen molar-refractivity contribution in [2.45, 2.75) is 32.9 Å². The summed E-state index contributed by atoms with van der Waals surface area (Å²) in [5.41, 5.74) is 0. The number of ether oxygens (including phenoxy) is 1. The fourth-order valence-corrected chi connectivity index (χ4v) is 3.08. The van der Waals surface area contributed by atoms with Gasteiger partial charge < -0.3 is 10.1 Å². The third-order valence-electron chi connectivity index (χ3n) is 3.09. The number of rotatable bonds is 7. The Hall–Kier alpha value is -1.86. The van der Waals surface area contributed by atoms with Gasteiger partial charge in [0.15, 0.2) is 5.82 Å². The van der Waals surface area contributed by atoms with Gasteiger partial charge in [-0.3, -0.25) is 10.00 Å². The fourth-order valence-electron chi connectivity index (χ4n) is 2.06. The predicted molar refractivity (Wildman–Crippen MR) is 88.5 cm³/mol. The quantitative estimate of drug-likeness (QED) is 0.823. The molecule has 2 rings (SSSR count). The van der Waals surface area contributed by atoms with E-state index in [1.165, 1.54) is 9.75 Å². The monoisotopic (exact) mass is 322 g/mol. The zero-order chi connectivity index (χ0) is 15.9. The molecule has 7 heteroatoms. The third kappa shape index (κ3) is 5.16. The number of nitrogens with one attached hydrogen (secondary N) is 2. The van der Waals surface area contributed by atoms with Crippen LogP contribution >= 0.6 is 11.3 Å². The molecule has 0 fully saturated rings. The zero-order valence-corrected chi connectivity index (χ0v) is 13.9. The lowest BCUT2D eigenvalue weighted by atomic mass is 10.2. The second kappa shape index (κ2) is 7.95. The molecule has 2 heterocycles. The summed E-state index contributed by atoms with van der Waals surface area (Å²) in [6.45, 7) is 5.32. The Morgan fingerprint density at radius 2 is 2.27 bits per heavy atom. The molecule has 0 aliphatic heterocycles. The van der Waals surface area contributed by atoms with Crippen molar-refractivity contribution in [3.05, 3.63) is 34.2 Å². The maximum Gasteiger partial charge on any atom is 0.320 e. The van der Waals surface area contributed by atoms with E-state index in [2.05, 4.69) is 34.8 Å². The van der Waals surface area contributed by atoms with E-state index >= 15 is 0 Å². The van der Waals surface area contributed by atoms with Crippen LogP contribution in [0.3, 0.4) is 0 Å². The van der Waals surface area contributed by atoms with Crippen molar-refractivity contribution < 1.29 is 9.53 Å². The van der Waals surface area contributed by atoms with Gasteiger partial charge in [-0.25, -0.2) is 4.79 Å². The summed E-state index contributed by atoms with van der Waals surface area (Å²) in [5, 5.41) is 9.91. The lowest BCUT2D eigenvalue weighted by Gasteiger charge is -2.12. The molecule has 0 unspecified atom stereocenters. The molecular weight excluding hydrogens is 300 g/mol. The van der Waals surface area contributed by atoms with E-state index < -0.39 is 0 Å². The number of carbonyl (C=O) groups is 1. The Morgan fingerprint density at radius 1 is 1.45 bits per heavy atom. The second-order valence-corrected chi connectivity index (χ2v) is 6.55. The molecule has 0 aliphatic carbocycles. The van der Waals surface area contributed by atoms with Crippen LogP contribution < -0.4 is 10.6 Å². The average Bonchev–Trinajstić information content (AvgIpc) is 3.05. The second-order valence-electron chi connectivity index (χ2n) is 5.17. The first-order valence-electron chi connectivity index (χ1n) is 7.22. The highest BCUT2D eigenvalue weighted by Crippen LogP contribution is 2.16. The highest BCUT2D eigenvalue weighted by molar-refractivity contribution is 7.11. The van der Waals surface area contributed by atoms with Crippen LogP contribution in [0.15, 0.2) is 24.4 Å². The first-order chi connectivity index (χ1) is 10.6. The molecule has 6 nitrogen and oxygen atoms in total. The summed E-state index contributed by atoms with van der Waals surface area (Å²) in [6, 6.07) is 5.79. The van der Waals surface area contributed by atoms with Crippen LogP contribution in [0.4, 0.5) is 10.6 Å². The van der Waals surface area contributed by atoms with Gasteiger partial charge in [-0.05, 0) is 26.0 Å². The largest absolute Gasteiger partial charge is 0.383 e. The van der Waals surface area contributed by atoms with Crippen LogP contribution in [0.1, 0.15) is 16.7 Å². The first-order valence-corrected chi connectivity index (χ1v) is 8.03. The minimum atomic E-state index is -0.238. The number of thiophene rings is 1. The Bertz CT molecular complexity index is 608. The normalized spacial score (nSPS) is 12.1. The molecule has 2 N–H and O–H groups in total. The minimum absolute atomic E-state index is 0.0635. The molecular formula is C15H22N4O2S. The van der Waals surface area contributed by atoms with Crippen molar-refractivity contribution in [2.75, 3.05) is 19.0 Å². The van der Waals surface area contributed by atoms with Crippen molar-refractivity contribution in [3.63, 3.8) is 0 Å². The Labute approximate surface area is 134 Å². The molecule has 0 saturated carbocycles. The van der Waals surface area contributed by atoms with Crippen LogP contribution in [0.25, 0.3) is 0 Å². The van der Waals surface area contributed by atoms with Gasteiger partial charge in [-0.2, -0.15) is 5.10 Å². The van der Waals surface area contributed by atoms with E-state index in [4.69, 9.17) is 4.74 Å². The maximum atomic E-state index is 11.9. The van der Waals surface area contributed by atoms with Gasteiger partial charge in [0, 0.05) is 41.6 Å². The van der Waals surface area contributed by atoms with E-state index in [-0.39, 0.29) is 12.1 Å². The topological polar surface area (TPSA) is 68.2 Å². The number of hydrogen-bond acceptors (Lipinski definition) is 4. The average molecular weight is 322 g/mol. The summed E-state index contributed by atoms with van der Waals surface area (Å²) in [7, 11) is 1.65. The van der Waals surface area contributed by atoms with Crippen LogP contribution in [-0.4, -0.2) is 35.6 Å². The van der Waals surface area contributed by atoms with Crippen molar-refractivity contribution in [2.24, 2.45) is 0 Å². The molecule has 0 aliphatic rings. The molecule has 0 bridgehead atoms. The number of carbonyl (C=O) groups excluding carboxylic acids is 1. The minimum Gasteiger partial charge on any atom is -0.383 e. The first kappa shape index (κ1) is 16.5. The summed E-state index contributed by atoms with van der Waals surface area (Å²) in [6.07, 6.45) is 2.64. The number of hydrogen-bond donors (Lipinski definition) is 2. The number of urea groups is 1. The lowest BCUT2D eigenvalue weighted by molar-refractivity contribution is 0.183. The van der Waals surface area contributed by atoms with Crippen LogP contribution in [-0.2, 0) is 17.7 Å². The van der Waals surface area contributed by atoms with Crippen molar-refractivity contribution in [3.8, 4) is 0 Å². The number of anilines is 1. The number of amides is 2. The SMILES string of the molecule is COCCn1ccc(NC(=O)N[C@H](C)Cc2ccc(C)s2)n1. The molecule has 2 amide bonds. The van der Waals surface area contributed by atoms with E-state index in [0.717, 1.165) is 6.42 Å². The van der Waals surface area contributed by atoms with Gasteiger partial charge >= 0.3 is 6.03 Å². The lowest BCUT2D eigenvalue weighted by Crippen LogP contribution is -2.37. The van der Waals surface area contributed by atoms with Crippen LogP contribution in [0, 0.1) is 6.92 Å². The third-order valence-corrected chi connectivity index (χ3v) is 4.11. The molecule has 0 aromatic carbocycles. The molecule has 2 aromatic heterocycles. The van der Waals surface area contributed by atoms with Crippen LogP contribution in [0.5, 0.6) is 0 Å². The Balaban J connectivity index is 1.78. The summed E-state index contributed by atoms with van der Waals surface area (Å²) < 4.78 is 6.72. The molecule has 0 saturated heterocycles. The molecule has 0 spiro atoms. The number of aromatic nitrogens is 2. The van der Waals surface area contributed by atoms with Crippen LogP contribution in [0.2, 0.25) is 0 Å². The van der Waals surface area contributed by atoms with Gasteiger partial charge in [-0.1, -0.05) is 0 Å². The standard InChI is InChI=1S/C15H22N4O2S/c1-11(10-13-5-4-12(2)22-13)16-15(20)17-14-6-7-19(18-14)8-9-21-3/h4-7,11H,8-10H2,1-3H3,(H2,16,17,18,20)/t11-/m1/s1. The highest BCUT2D eigenvalue weighted by Gasteiger charge is 2.10. The summed E-state index contributed by atoms with van der Waals surface area (Å²) in [4.78, 5) is 14.5. The molecule has 22 heavy (non-hydrogen) atoms. The van der Waals surface area contributed by atoms with Crippen molar-refractivity contribution >= 4 is 23.2 Å². The molecule has 0 radical (unpaired) electrons. The molecule has 1 atom stereocenters. The summed E-state index contributed by atoms with van der Waals surface area (Å²) >= 11 is 1.76. The number of methoxy groups -OCH3 is 1. The van der Waals surface area contributed by atoms with Crippen molar-refractivity contribution in [1.82, 2.24) is 15.1 Å². The summed E-state index contributed by atoms with van der Waals surface area (Å²) in [5.74, 6) is 0.535. The zero-order valence-electron chi connectivity index (χ0n) is 13.1. The van der Waals surface area contributed by atoms with E-state index in [1.807, 2.05) is 13.1 Å². The van der Waals surface area contributed by atoms with E-state index in [0.29, 0.717) is 19.0 Å². The number of aryl methyl sites for hydroxylation is 1. The highest BCUT2D eigenvalue weighted by atomic mass is 32.1. The maximum absolute atomic E-state index is 11.9. The van der Waals surface area contributed by atoms with Gasteiger partial charge in [0.2, 0.25) is 0 Å². The van der Waals surface area contributed by atoms with Crippen molar-refractivity contribution in [1.29, 1.82) is 0 Å². The molecule has 120 valence electrons. The van der Waals surface area contributed by atoms with E-state index in [1.54, 1.807) is 29.2 Å².